The Bertz CT molecular complexity index is 595. The van der Waals surface area contributed by atoms with Gasteiger partial charge in [-0.15, -0.1) is 0 Å². The lowest BCUT2D eigenvalue weighted by Crippen LogP contribution is -2.38. The molecule has 94 valence electrons. The summed E-state index contributed by atoms with van der Waals surface area (Å²) in [5.74, 6) is -0.555. The highest BCUT2D eigenvalue weighted by molar-refractivity contribution is 7.11. The van der Waals surface area contributed by atoms with Crippen LogP contribution in [0.5, 0.6) is 0 Å². The van der Waals surface area contributed by atoms with Crippen molar-refractivity contribution in [2.45, 2.75) is 19.4 Å². The number of aliphatic carboxylic acids is 1. The number of carbonyl (C=O) groups is 1. The van der Waals surface area contributed by atoms with Gasteiger partial charge in [-0.05, 0) is 36.0 Å². The molecule has 0 saturated carbocycles. The van der Waals surface area contributed by atoms with E-state index in [-0.39, 0.29) is 5.92 Å². The summed E-state index contributed by atoms with van der Waals surface area (Å²) < 4.78 is 4.39. The first-order chi connectivity index (χ1) is 8.68. The zero-order valence-corrected chi connectivity index (χ0v) is 10.9. The maximum Gasteiger partial charge on any atom is 0.326 e. The molecule has 1 aliphatic rings. The Labute approximate surface area is 109 Å². The van der Waals surface area contributed by atoms with Crippen LogP contribution >= 0.6 is 11.5 Å². The fourth-order valence-electron chi connectivity index (χ4n) is 2.63. The first-order valence-corrected chi connectivity index (χ1v) is 6.79. The Morgan fingerprint density at radius 2 is 2.28 bits per heavy atom. The maximum atomic E-state index is 11.4. The average Bonchev–Trinajstić information content (AvgIpc) is 2.92. The molecule has 0 bridgehead atoms. The van der Waals surface area contributed by atoms with E-state index in [0.717, 1.165) is 28.9 Å². The molecule has 1 fully saturated rings. The number of nitrogens with zero attached hydrogens (tertiary/aromatic N) is 2. The molecular formula is C13H14N2O2S. The lowest BCUT2D eigenvalue weighted by molar-refractivity contribution is -0.139. The number of fused-ring (bicyclic) bond motifs is 1. The quantitative estimate of drug-likeness (QED) is 0.904. The number of hydrogen-bond donors (Lipinski definition) is 1. The predicted octanol–water partition coefficient (Wildman–Crippen LogP) is 2.60. The molecule has 4 nitrogen and oxygen atoms in total. The van der Waals surface area contributed by atoms with Crippen LogP contribution in [-0.2, 0) is 4.79 Å². The molecule has 1 aromatic carbocycles. The number of carboxylic acids is 1. The number of benzene rings is 1. The molecule has 1 saturated heterocycles. The van der Waals surface area contributed by atoms with Crippen LogP contribution in [0.15, 0.2) is 24.3 Å². The van der Waals surface area contributed by atoms with Crippen LogP contribution in [-0.4, -0.2) is 28.0 Å². The number of carboxylic acid groups (broad SMARTS) is 1. The van der Waals surface area contributed by atoms with Gasteiger partial charge >= 0.3 is 5.97 Å². The molecule has 0 radical (unpaired) electrons. The molecule has 3 rings (SSSR count). The topological polar surface area (TPSA) is 53.4 Å². The predicted molar refractivity (Wildman–Crippen MR) is 72.2 cm³/mol. The van der Waals surface area contributed by atoms with E-state index in [1.165, 1.54) is 11.5 Å². The van der Waals surface area contributed by atoms with E-state index in [1.54, 1.807) is 0 Å². The van der Waals surface area contributed by atoms with Crippen LogP contribution in [0.25, 0.3) is 10.9 Å². The Hall–Kier alpha value is -1.62. The van der Waals surface area contributed by atoms with Gasteiger partial charge in [-0.25, -0.2) is 4.79 Å². The first-order valence-electron chi connectivity index (χ1n) is 6.02. The van der Waals surface area contributed by atoms with Crippen molar-refractivity contribution in [3.63, 3.8) is 0 Å². The van der Waals surface area contributed by atoms with E-state index in [4.69, 9.17) is 0 Å². The summed E-state index contributed by atoms with van der Waals surface area (Å²) in [6, 6.07) is 7.47. The van der Waals surface area contributed by atoms with Gasteiger partial charge in [0.2, 0.25) is 0 Å². The van der Waals surface area contributed by atoms with Gasteiger partial charge in [0.15, 0.2) is 0 Å². The first kappa shape index (κ1) is 11.5. The van der Waals surface area contributed by atoms with Gasteiger partial charge < -0.3 is 10.0 Å². The Kier molecular flexibility index (Phi) is 2.70. The second kappa shape index (κ2) is 4.24. The molecule has 0 spiro atoms. The van der Waals surface area contributed by atoms with E-state index in [1.807, 2.05) is 36.1 Å². The molecule has 2 atom stereocenters. The van der Waals surface area contributed by atoms with Crippen molar-refractivity contribution in [1.29, 1.82) is 0 Å². The molecule has 0 amide bonds. The summed E-state index contributed by atoms with van der Waals surface area (Å²) in [7, 11) is 0. The second-order valence-electron chi connectivity index (χ2n) is 4.75. The lowest BCUT2D eigenvalue weighted by Gasteiger charge is -2.23. The Balaban J connectivity index is 2.06. The maximum absolute atomic E-state index is 11.4. The van der Waals surface area contributed by atoms with Crippen molar-refractivity contribution < 1.29 is 9.90 Å². The van der Waals surface area contributed by atoms with Crippen molar-refractivity contribution >= 4 is 33.4 Å². The van der Waals surface area contributed by atoms with Gasteiger partial charge in [-0.1, -0.05) is 19.1 Å². The van der Waals surface area contributed by atoms with Gasteiger partial charge in [-0.2, -0.15) is 4.37 Å². The van der Waals surface area contributed by atoms with Crippen molar-refractivity contribution in [3.8, 4) is 0 Å². The zero-order chi connectivity index (χ0) is 12.7. The van der Waals surface area contributed by atoms with E-state index in [9.17, 15) is 9.90 Å². The highest BCUT2D eigenvalue weighted by Crippen LogP contribution is 2.37. The highest BCUT2D eigenvalue weighted by Gasteiger charge is 2.38. The van der Waals surface area contributed by atoms with Crippen LogP contribution in [0.4, 0.5) is 5.00 Å². The molecule has 0 aliphatic carbocycles. The molecule has 1 aromatic heterocycles. The average molecular weight is 262 g/mol. The van der Waals surface area contributed by atoms with E-state index in [0.29, 0.717) is 0 Å². The summed E-state index contributed by atoms with van der Waals surface area (Å²) >= 11 is 1.40. The SMILES string of the molecule is CC1CCN(c2snc3ccccc23)C1C(=O)O. The second-order valence-corrected chi connectivity index (χ2v) is 5.50. The Morgan fingerprint density at radius 3 is 3.06 bits per heavy atom. The van der Waals surface area contributed by atoms with Crippen LogP contribution in [0, 0.1) is 5.92 Å². The third kappa shape index (κ3) is 1.66. The molecule has 1 aliphatic heterocycles. The van der Waals surface area contributed by atoms with Crippen LogP contribution in [0.3, 0.4) is 0 Å². The molecule has 18 heavy (non-hydrogen) atoms. The summed E-state index contributed by atoms with van der Waals surface area (Å²) in [4.78, 5) is 13.4. The van der Waals surface area contributed by atoms with Crippen LogP contribution in [0.2, 0.25) is 0 Å². The minimum atomic E-state index is -0.738. The zero-order valence-electron chi connectivity index (χ0n) is 10.0. The van der Waals surface area contributed by atoms with E-state index in [2.05, 4.69) is 4.37 Å². The number of anilines is 1. The normalized spacial score (nSPS) is 23.7. The minimum absolute atomic E-state index is 0.184. The van der Waals surface area contributed by atoms with Crippen molar-refractivity contribution in [3.05, 3.63) is 24.3 Å². The minimum Gasteiger partial charge on any atom is -0.480 e. The molecular weight excluding hydrogens is 248 g/mol. The summed E-state index contributed by atoms with van der Waals surface area (Å²) in [5, 5.41) is 11.4. The highest BCUT2D eigenvalue weighted by atomic mass is 32.1. The standard InChI is InChI=1S/C13H14N2O2S/c1-8-6-7-15(11(8)13(16)17)12-9-4-2-3-5-10(9)14-18-12/h2-5,8,11H,6-7H2,1H3,(H,16,17). The van der Waals surface area contributed by atoms with Crippen LogP contribution in [0.1, 0.15) is 13.3 Å². The molecule has 1 N–H and O–H groups in total. The lowest BCUT2D eigenvalue weighted by atomic mass is 10.0. The van der Waals surface area contributed by atoms with E-state index < -0.39 is 12.0 Å². The number of hydrogen-bond acceptors (Lipinski definition) is 4. The Morgan fingerprint density at radius 1 is 1.50 bits per heavy atom. The number of rotatable bonds is 2. The van der Waals surface area contributed by atoms with Crippen molar-refractivity contribution in [2.24, 2.45) is 5.92 Å². The smallest absolute Gasteiger partial charge is 0.326 e. The summed E-state index contributed by atoms with van der Waals surface area (Å²) in [6.07, 6.45) is 0.920. The molecule has 5 heteroatoms. The monoisotopic (exact) mass is 262 g/mol. The van der Waals surface area contributed by atoms with Gasteiger partial charge in [0.05, 0.1) is 5.52 Å². The summed E-state index contributed by atoms with van der Waals surface area (Å²) in [5.41, 5.74) is 0.946. The third-order valence-electron chi connectivity index (χ3n) is 3.58. The van der Waals surface area contributed by atoms with Crippen LogP contribution < -0.4 is 4.90 Å². The fraction of sp³-hybridized carbons (Fsp3) is 0.385. The van der Waals surface area contributed by atoms with Gasteiger partial charge in [0, 0.05) is 11.9 Å². The largest absolute Gasteiger partial charge is 0.480 e. The van der Waals surface area contributed by atoms with Crippen molar-refractivity contribution in [1.82, 2.24) is 4.37 Å². The van der Waals surface area contributed by atoms with E-state index >= 15 is 0 Å². The molecule has 2 unspecified atom stereocenters. The van der Waals surface area contributed by atoms with Crippen molar-refractivity contribution in [2.75, 3.05) is 11.4 Å². The van der Waals surface area contributed by atoms with Gasteiger partial charge in [-0.3, -0.25) is 0 Å². The summed E-state index contributed by atoms with van der Waals surface area (Å²) in [6.45, 7) is 2.80. The molecule has 2 aromatic rings. The third-order valence-corrected chi connectivity index (χ3v) is 4.49. The number of aromatic nitrogens is 1. The fourth-order valence-corrected chi connectivity index (χ4v) is 3.56. The van der Waals surface area contributed by atoms with Gasteiger partial charge in [0.1, 0.15) is 11.0 Å². The molecule has 2 heterocycles. The van der Waals surface area contributed by atoms with Gasteiger partial charge in [0.25, 0.3) is 0 Å².